The monoisotopic (exact) mass is 731 g/mol. The van der Waals surface area contributed by atoms with E-state index in [0.717, 1.165) is 84.6 Å². The fourth-order valence-corrected chi connectivity index (χ4v) is 8.00. The minimum Gasteiger partial charge on any atom is -0.453 e. The van der Waals surface area contributed by atoms with Crippen molar-refractivity contribution >= 4 is 39.7 Å². The molecule has 5 aromatic rings. The fraction of sp³-hybridized carbons (Fsp3) is 0.465. The lowest BCUT2D eigenvalue weighted by atomic mass is 9.96. The average Bonchev–Trinajstić information content (AvgIpc) is 4.00. The highest BCUT2D eigenvalue weighted by Crippen LogP contribution is 2.35. The number of amides is 3. The van der Waals surface area contributed by atoms with Gasteiger partial charge in [-0.05, 0) is 96.0 Å². The predicted molar refractivity (Wildman–Crippen MR) is 211 cm³/mol. The van der Waals surface area contributed by atoms with Crippen LogP contribution in [-0.4, -0.2) is 73.9 Å². The van der Waals surface area contributed by atoms with Crippen molar-refractivity contribution < 1.29 is 19.1 Å². The summed E-state index contributed by atoms with van der Waals surface area (Å²) in [5.41, 5.74) is 6.34. The number of alkyl carbamates (subject to hydrolysis) is 1. The molecule has 2 fully saturated rings. The summed E-state index contributed by atoms with van der Waals surface area (Å²) in [6, 6.07) is 18.8. The maximum absolute atomic E-state index is 13.5. The number of aryl methyl sites for hydroxylation is 2. The second-order valence-corrected chi connectivity index (χ2v) is 15.8. The van der Waals surface area contributed by atoms with E-state index < -0.39 is 12.1 Å². The van der Waals surface area contributed by atoms with Gasteiger partial charge in [0.25, 0.3) is 0 Å². The summed E-state index contributed by atoms with van der Waals surface area (Å²) in [7, 11) is 1.30. The number of fused-ring (bicyclic) bond motifs is 2. The molecule has 4 heterocycles. The quantitative estimate of drug-likeness (QED) is 0.126. The predicted octanol–water partition coefficient (Wildman–Crippen LogP) is 7.89. The molecule has 7 rings (SSSR count). The molecular weight excluding hydrogens is 679 g/mol. The smallest absolute Gasteiger partial charge is 0.407 e. The van der Waals surface area contributed by atoms with Gasteiger partial charge < -0.3 is 29.8 Å². The highest BCUT2D eigenvalue weighted by atomic mass is 16.5. The maximum Gasteiger partial charge on any atom is 0.407 e. The number of nitrogens with one attached hydrogen (secondary N) is 3. The van der Waals surface area contributed by atoms with Crippen LogP contribution in [0, 0.1) is 17.8 Å². The number of carbonyl (C=O) groups is 3. The number of aromatic nitrogens is 4. The first-order valence-electron chi connectivity index (χ1n) is 19.5. The van der Waals surface area contributed by atoms with Gasteiger partial charge in [-0.3, -0.25) is 9.59 Å². The molecule has 2 aromatic heterocycles. The zero-order valence-corrected chi connectivity index (χ0v) is 32.3. The van der Waals surface area contributed by atoms with E-state index in [2.05, 4.69) is 83.7 Å². The van der Waals surface area contributed by atoms with Crippen LogP contribution in [0.1, 0.15) is 95.3 Å². The first-order valence-corrected chi connectivity index (χ1v) is 19.5. The number of hydrogen-bond donors (Lipinski definition) is 3. The molecule has 0 saturated carbocycles. The molecule has 2 saturated heterocycles. The van der Waals surface area contributed by atoms with Crippen LogP contribution in [0.4, 0.5) is 4.79 Å². The Morgan fingerprint density at radius 1 is 0.796 bits per heavy atom. The van der Waals surface area contributed by atoms with Gasteiger partial charge in [0.05, 0.1) is 35.9 Å². The summed E-state index contributed by atoms with van der Waals surface area (Å²) in [4.78, 5) is 59.3. The number of imidazole rings is 2. The van der Waals surface area contributed by atoms with E-state index in [-0.39, 0.29) is 35.7 Å². The van der Waals surface area contributed by atoms with Crippen LogP contribution in [0.3, 0.4) is 0 Å². The lowest BCUT2D eigenvalue weighted by molar-refractivity contribution is -0.137. The highest BCUT2D eigenvalue weighted by Gasteiger charge is 2.38. The third-order valence-electron chi connectivity index (χ3n) is 11.5. The van der Waals surface area contributed by atoms with Gasteiger partial charge in [-0.2, -0.15) is 0 Å². The minimum atomic E-state index is -0.657. The van der Waals surface area contributed by atoms with Crippen LogP contribution in [0.5, 0.6) is 0 Å². The molecule has 284 valence electrons. The zero-order valence-electron chi connectivity index (χ0n) is 32.3. The fourth-order valence-electron chi connectivity index (χ4n) is 8.00. The highest BCUT2D eigenvalue weighted by molar-refractivity contribution is 5.90. The van der Waals surface area contributed by atoms with Gasteiger partial charge >= 0.3 is 6.09 Å². The Morgan fingerprint density at radius 3 is 2.19 bits per heavy atom. The molecule has 0 unspecified atom stereocenters. The molecule has 3 amide bonds. The normalized spacial score (nSPS) is 18.6. The Kier molecular flexibility index (Phi) is 10.8. The molecule has 3 aromatic carbocycles. The summed E-state index contributed by atoms with van der Waals surface area (Å²) in [5.74, 6) is 2.00. The molecule has 11 heteroatoms. The van der Waals surface area contributed by atoms with Crippen LogP contribution in [0.15, 0.2) is 60.8 Å². The van der Waals surface area contributed by atoms with E-state index in [1.54, 1.807) is 0 Å². The van der Waals surface area contributed by atoms with Crippen LogP contribution < -0.4 is 5.32 Å². The van der Waals surface area contributed by atoms with E-state index in [1.807, 2.05) is 36.8 Å². The second-order valence-electron chi connectivity index (χ2n) is 15.8. The van der Waals surface area contributed by atoms with Gasteiger partial charge in [0.2, 0.25) is 11.8 Å². The van der Waals surface area contributed by atoms with Crippen molar-refractivity contribution in [3.05, 3.63) is 83.7 Å². The van der Waals surface area contributed by atoms with Crippen molar-refractivity contribution in [3.8, 4) is 11.1 Å². The van der Waals surface area contributed by atoms with Crippen molar-refractivity contribution in [1.29, 1.82) is 0 Å². The molecule has 0 radical (unpaired) electrons. The number of hydrogen-bond acceptors (Lipinski definition) is 6. The first-order chi connectivity index (χ1) is 26.0. The van der Waals surface area contributed by atoms with Crippen molar-refractivity contribution in [2.75, 3.05) is 20.2 Å². The van der Waals surface area contributed by atoms with Crippen LogP contribution in [0.2, 0.25) is 0 Å². The van der Waals surface area contributed by atoms with Crippen LogP contribution in [-0.2, 0) is 27.2 Å². The molecule has 2 aliphatic rings. The first kappa shape index (κ1) is 37.1. The summed E-state index contributed by atoms with van der Waals surface area (Å²) >= 11 is 0. The number of methoxy groups -OCH3 is 1. The van der Waals surface area contributed by atoms with Gasteiger partial charge in [-0.1, -0.05) is 71.0 Å². The lowest BCUT2D eigenvalue weighted by Crippen LogP contribution is -2.51. The second kappa shape index (κ2) is 15.7. The van der Waals surface area contributed by atoms with E-state index in [1.165, 1.54) is 23.4 Å². The maximum atomic E-state index is 13.5. The van der Waals surface area contributed by atoms with Crippen molar-refractivity contribution in [2.45, 2.75) is 91.3 Å². The third-order valence-corrected chi connectivity index (χ3v) is 11.5. The van der Waals surface area contributed by atoms with E-state index in [0.29, 0.717) is 12.5 Å². The minimum absolute atomic E-state index is 0.00586. The largest absolute Gasteiger partial charge is 0.453 e. The van der Waals surface area contributed by atoms with Gasteiger partial charge in [0, 0.05) is 25.2 Å². The molecular formula is C43H53N7O4. The Morgan fingerprint density at radius 2 is 1.46 bits per heavy atom. The molecule has 2 aliphatic heterocycles. The summed E-state index contributed by atoms with van der Waals surface area (Å²) in [6.07, 6.45) is 6.59. The number of rotatable bonds is 11. The molecule has 0 bridgehead atoms. The Labute approximate surface area is 317 Å². The summed E-state index contributed by atoms with van der Waals surface area (Å²) < 4.78 is 4.76. The molecule has 0 aliphatic carbocycles. The number of likely N-dealkylation sites (tertiary alicyclic amines) is 2. The van der Waals surface area contributed by atoms with Crippen molar-refractivity contribution in [3.63, 3.8) is 0 Å². The average molecular weight is 732 g/mol. The summed E-state index contributed by atoms with van der Waals surface area (Å²) in [5, 5.41) is 5.07. The Bertz CT molecular complexity index is 2150. The number of carbonyl (C=O) groups excluding carboxylic acids is 3. The van der Waals surface area contributed by atoms with Gasteiger partial charge in [0.15, 0.2) is 0 Å². The van der Waals surface area contributed by atoms with Crippen molar-refractivity contribution in [2.24, 2.45) is 17.8 Å². The zero-order chi connectivity index (χ0) is 38.1. The van der Waals surface area contributed by atoms with Crippen LogP contribution in [0.25, 0.3) is 32.9 Å². The van der Waals surface area contributed by atoms with E-state index in [4.69, 9.17) is 14.7 Å². The topological polar surface area (TPSA) is 136 Å². The Balaban J connectivity index is 1.00. The molecule has 0 spiro atoms. The van der Waals surface area contributed by atoms with E-state index >= 15 is 0 Å². The number of aromatic amines is 2. The molecule has 3 N–H and O–H groups in total. The van der Waals surface area contributed by atoms with Gasteiger partial charge in [0.1, 0.15) is 17.7 Å². The lowest BCUT2D eigenvalue weighted by Gasteiger charge is -2.29. The SMILES string of the molecule is COC(=O)N[C@H](C(=O)N1CCC[C@H]1c1nc(CCc2ccc3cc(-c4ccc5[nH]c([C@@H]6CCCN6C(=O)[C@@H](C)C(C)C)nc5c4)ccc3c2)c[nH]1)C(C)C. The van der Waals surface area contributed by atoms with E-state index in [9.17, 15) is 14.4 Å². The van der Waals surface area contributed by atoms with Crippen molar-refractivity contribution in [1.82, 2.24) is 35.1 Å². The van der Waals surface area contributed by atoms with Crippen LogP contribution >= 0.6 is 0 Å². The number of benzene rings is 3. The van der Waals surface area contributed by atoms with Gasteiger partial charge in [-0.15, -0.1) is 0 Å². The molecule has 11 nitrogen and oxygen atoms in total. The number of ether oxygens (including phenoxy) is 1. The molecule has 4 atom stereocenters. The standard InChI is InChI=1S/C43H53N7O4/c1-25(2)27(5)41(51)49-19-8-10-37(49)40-46-34-18-16-32(23-35(34)47-40)31-15-14-29-21-28(11-13-30(29)22-31)12-17-33-24-44-39(45-33)36-9-7-20-50(36)42(52)38(26(3)4)48-43(53)54-6/h11,13-16,18,21-27,36-38H,7-10,12,17,19-20H2,1-6H3,(H,44,45)(H,46,47)(H,48,53)/t27-,36-,37-,38-/m0/s1. The number of nitrogens with zero attached hydrogens (tertiary/aromatic N) is 4. The molecule has 54 heavy (non-hydrogen) atoms. The number of H-pyrrole nitrogens is 2. The summed E-state index contributed by atoms with van der Waals surface area (Å²) in [6.45, 7) is 11.5. The van der Waals surface area contributed by atoms with Gasteiger partial charge in [-0.25, -0.2) is 14.8 Å². The Hall–Kier alpha value is -5.19. The third kappa shape index (κ3) is 7.58.